The second-order valence-electron chi connectivity index (χ2n) is 2.60. The molecular formula is C5H11N7O. The minimum Gasteiger partial charge on any atom is -0.346 e. The monoisotopic (exact) mass is 185 g/mol. The highest BCUT2D eigenvalue weighted by Gasteiger charge is 2.10. The van der Waals surface area contributed by atoms with Crippen LogP contribution in [0.25, 0.3) is 0 Å². The Hall–Kier alpha value is -1.70. The van der Waals surface area contributed by atoms with Gasteiger partial charge < -0.3 is 4.90 Å². The van der Waals surface area contributed by atoms with E-state index in [9.17, 15) is 4.79 Å². The third-order valence-electron chi connectivity index (χ3n) is 1.37. The van der Waals surface area contributed by atoms with E-state index in [1.54, 1.807) is 19.0 Å². The zero-order valence-corrected chi connectivity index (χ0v) is 7.43. The van der Waals surface area contributed by atoms with Crippen LogP contribution < -0.4 is 16.2 Å². The first-order chi connectivity index (χ1) is 6.15. The van der Waals surface area contributed by atoms with Gasteiger partial charge >= 0.3 is 0 Å². The molecule has 0 aromatic carbocycles. The van der Waals surface area contributed by atoms with Gasteiger partial charge in [0.15, 0.2) is 0 Å². The Morgan fingerprint density at radius 1 is 1.69 bits per heavy atom. The number of carbonyl (C=O) groups is 1. The summed E-state index contributed by atoms with van der Waals surface area (Å²) in [7, 11) is 3.56. The summed E-state index contributed by atoms with van der Waals surface area (Å²) in [5.74, 6) is 5.07. The molecule has 0 aliphatic carbocycles. The number of aromatic nitrogens is 4. The normalized spacial score (nSPS) is 9.77. The number of anilines is 1. The van der Waals surface area contributed by atoms with Crippen molar-refractivity contribution in [3.8, 4) is 0 Å². The molecule has 0 fully saturated rings. The highest BCUT2D eigenvalue weighted by atomic mass is 16.2. The molecule has 0 radical (unpaired) electrons. The smallest absolute Gasteiger partial charge is 0.255 e. The lowest BCUT2D eigenvalue weighted by Gasteiger charge is -2.10. The number of hydrazine groups is 1. The maximum absolute atomic E-state index is 10.9. The molecule has 8 heteroatoms. The van der Waals surface area contributed by atoms with Crippen molar-refractivity contribution < 1.29 is 4.79 Å². The number of carbonyl (C=O) groups excluding carboxylic acids is 1. The molecule has 1 aromatic heterocycles. The molecule has 0 bridgehead atoms. The lowest BCUT2D eigenvalue weighted by atomic mass is 10.6. The fourth-order valence-electron chi connectivity index (χ4n) is 0.804. The van der Waals surface area contributed by atoms with E-state index in [-0.39, 0.29) is 12.5 Å². The summed E-state index contributed by atoms with van der Waals surface area (Å²) in [4.78, 5) is 12.6. The largest absolute Gasteiger partial charge is 0.346 e. The van der Waals surface area contributed by atoms with Crippen molar-refractivity contribution in [1.29, 1.82) is 0 Å². The van der Waals surface area contributed by atoms with E-state index in [2.05, 4.69) is 15.5 Å². The molecule has 3 N–H and O–H groups in total. The van der Waals surface area contributed by atoms with E-state index in [1.807, 2.05) is 5.43 Å². The van der Waals surface area contributed by atoms with E-state index in [0.29, 0.717) is 5.95 Å². The third kappa shape index (κ3) is 2.12. The van der Waals surface area contributed by atoms with Crippen molar-refractivity contribution in [3.05, 3.63) is 0 Å². The minimum absolute atomic E-state index is 0.0109. The first-order valence-electron chi connectivity index (χ1n) is 3.58. The van der Waals surface area contributed by atoms with Gasteiger partial charge in [0, 0.05) is 14.1 Å². The van der Waals surface area contributed by atoms with Crippen LogP contribution in [0, 0.1) is 0 Å². The lowest BCUT2D eigenvalue weighted by Crippen LogP contribution is -2.34. The quantitative estimate of drug-likeness (QED) is 0.313. The molecular weight excluding hydrogens is 174 g/mol. The Morgan fingerprint density at radius 3 is 2.92 bits per heavy atom. The van der Waals surface area contributed by atoms with Crippen LogP contribution in [0.4, 0.5) is 5.95 Å². The van der Waals surface area contributed by atoms with Crippen LogP contribution in [0.5, 0.6) is 0 Å². The van der Waals surface area contributed by atoms with Crippen molar-refractivity contribution in [2.45, 2.75) is 6.54 Å². The average molecular weight is 185 g/mol. The van der Waals surface area contributed by atoms with Gasteiger partial charge in [0.2, 0.25) is 5.95 Å². The van der Waals surface area contributed by atoms with Crippen molar-refractivity contribution >= 4 is 11.9 Å². The molecule has 0 aliphatic heterocycles. The Labute approximate surface area is 74.7 Å². The number of rotatable bonds is 3. The van der Waals surface area contributed by atoms with Crippen molar-refractivity contribution in [1.82, 2.24) is 25.6 Å². The molecule has 0 saturated heterocycles. The Kier molecular flexibility index (Phi) is 2.75. The zero-order valence-electron chi connectivity index (χ0n) is 7.43. The number of hydrogen-bond donors (Lipinski definition) is 2. The van der Waals surface area contributed by atoms with E-state index in [4.69, 9.17) is 5.84 Å². The highest BCUT2D eigenvalue weighted by molar-refractivity contribution is 5.75. The van der Waals surface area contributed by atoms with Crippen molar-refractivity contribution in [2.75, 3.05) is 19.0 Å². The molecule has 0 unspecified atom stereocenters. The summed E-state index contributed by atoms with van der Waals surface area (Å²) in [5.41, 5.74) is 2.00. The van der Waals surface area contributed by atoms with E-state index in [0.717, 1.165) is 0 Å². The summed E-state index contributed by atoms with van der Waals surface area (Å²) < 4.78 is 1.35. The van der Waals surface area contributed by atoms with Gasteiger partial charge in [-0.15, -0.1) is 0 Å². The van der Waals surface area contributed by atoms with Crippen LogP contribution in [0.2, 0.25) is 0 Å². The second-order valence-corrected chi connectivity index (χ2v) is 2.60. The molecule has 0 spiro atoms. The number of nitrogens with one attached hydrogen (secondary N) is 1. The standard InChI is InChI=1S/C5H11N7O/c1-11(2)5-8-9-10-12(5)3-4(13)7-6/h3,6H2,1-2H3,(H,7,13). The molecule has 72 valence electrons. The van der Waals surface area contributed by atoms with Crippen LogP contribution in [0.1, 0.15) is 0 Å². The highest BCUT2D eigenvalue weighted by Crippen LogP contribution is 2.01. The average Bonchev–Trinajstić information content (AvgIpc) is 2.52. The van der Waals surface area contributed by atoms with Crippen molar-refractivity contribution in [3.63, 3.8) is 0 Å². The van der Waals surface area contributed by atoms with Gasteiger partial charge in [-0.3, -0.25) is 10.2 Å². The molecule has 1 amide bonds. The Balaban J connectivity index is 2.76. The Morgan fingerprint density at radius 2 is 2.38 bits per heavy atom. The first-order valence-corrected chi connectivity index (χ1v) is 3.58. The molecule has 0 saturated carbocycles. The number of tetrazole rings is 1. The minimum atomic E-state index is -0.351. The van der Waals surface area contributed by atoms with Gasteiger partial charge in [-0.2, -0.15) is 0 Å². The molecule has 1 heterocycles. The van der Waals surface area contributed by atoms with Gasteiger partial charge in [-0.25, -0.2) is 10.5 Å². The lowest BCUT2D eigenvalue weighted by molar-refractivity contribution is -0.121. The van der Waals surface area contributed by atoms with Crippen LogP contribution in [-0.4, -0.2) is 40.2 Å². The molecule has 13 heavy (non-hydrogen) atoms. The number of amides is 1. The van der Waals surface area contributed by atoms with Crippen LogP contribution in [0.3, 0.4) is 0 Å². The maximum atomic E-state index is 10.9. The van der Waals surface area contributed by atoms with Crippen LogP contribution >= 0.6 is 0 Å². The predicted molar refractivity (Wildman–Crippen MR) is 44.5 cm³/mol. The van der Waals surface area contributed by atoms with Gasteiger partial charge in [0.25, 0.3) is 5.91 Å². The van der Waals surface area contributed by atoms with Crippen LogP contribution in [-0.2, 0) is 11.3 Å². The van der Waals surface area contributed by atoms with Gasteiger partial charge in [0.1, 0.15) is 6.54 Å². The third-order valence-corrected chi connectivity index (χ3v) is 1.37. The summed E-state index contributed by atoms with van der Waals surface area (Å²) in [5, 5.41) is 10.8. The molecule has 1 rings (SSSR count). The second kappa shape index (κ2) is 3.81. The van der Waals surface area contributed by atoms with Gasteiger partial charge in [-0.05, 0) is 10.4 Å². The maximum Gasteiger partial charge on any atom is 0.255 e. The fraction of sp³-hybridized carbons (Fsp3) is 0.600. The summed E-state index contributed by atoms with van der Waals surface area (Å²) >= 11 is 0. The Bertz CT molecular complexity index is 293. The number of nitrogens with zero attached hydrogens (tertiary/aromatic N) is 5. The summed E-state index contributed by atoms with van der Waals surface area (Å²) in [6, 6.07) is 0. The van der Waals surface area contributed by atoms with Gasteiger partial charge in [0.05, 0.1) is 0 Å². The molecule has 0 aliphatic rings. The molecule has 8 nitrogen and oxygen atoms in total. The molecule has 1 aromatic rings. The molecule has 0 atom stereocenters. The number of hydrogen-bond acceptors (Lipinski definition) is 6. The fourth-order valence-corrected chi connectivity index (χ4v) is 0.804. The van der Waals surface area contributed by atoms with Crippen LogP contribution in [0.15, 0.2) is 0 Å². The van der Waals surface area contributed by atoms with Gasteiger partial charge in [-0.1, -0.05) is 5.10 Å². The first kappa shape index (κ1) is 9.39. The SMILES string of the molecule is CN(C)c1nnnn1CC(=O)NN. The summed E-state index contributed by atoms with van der Waals surface area (Å²) in [6.07, 6.45) is 0. The predicted octanol–water partition coefficient (Wildman–Crippen LogP) is -2.27. The van der Waals surface area contributed by atoms with Crippen molar-refractivity contribution in [2.24, 2.45) is 5.84 Å². The van der Waals surface area contributed by atoms with E-state index < -0.39 is 0 Å². The zero-order chi connectivity index (χ0) is 9.84. The topological polar surface area (TPSA) is 102 Å². The van der Waals surface area contributed by atoms with E-state index in [1.165, 1.54) is 4.68 Å². The van der Waals surface area contributed by atoms with E-state index >= 15 is 0 Å². The number of nitrogens with two attached hydrogens (primary N) is 1. The summed E-state index contributed by atoms with van der Waals surface area (Å²) in [6.45, 7) is 0.0109.